The Labute approximate surface area is 106 Å². The van der Waals surface area contributed by atoms with Crippen molar-refractivity contribution in [2.75, 3.05) is 46.4 Å². The molecule has 1 unspecified atom stereocenters. The molecule has 1 fully saturated rings. The lowest BCUT2D eigenvalue weighted by atomic mass is 9.94. The van der Waals surface area contributed by atoms with Crippen LogP contribution in [0.5, 0.6) is 0 Å². The number of hydrogen-bond donors (Lipinski definition) is 2. The third kappa shape index (κ3) is 4.21. The predicted octanol–water partition coefficient (Wildman–Crippen LogP) is 0.672. The van der Waals surface area contributed by atoms with Crippen LogP contribution in [0.25, 0.3) is 0 Å². The van der Waals surface area contributed by atoms with Crippen LogP contribution in [0, 0.1) is 5.92 Å². The molecule has 0 aromatic heterocycles. The summed E-state index contributed by atoms with van der Waals surface area (Å²) in [6, 6.07) is 0. The fourth-order valence-corrected chi connectivity index (χ4v) is 2.51. The maximum Gasteiger partial charge on any atom is 0.0659 e. The van der Waals surface area contributed by atoms with Gasteiger partial charge in [-0.3, -0.25) is 0 Å². The summed E-state index contributed by atoms with van der Waals surface area (Å²) < 4.78 is 5.35. The molecular weight excluding hydrogens is 214 g/mol. The van der Waals surface area contributed by atoms with Gasteiger partial charge >= 0.3 is 0 Å². The predicted molar refractivity (Wildman–Crippen MR) is 72.2 cm³/mol. The molecular formula is C13H29N3O. The fraction of sp³-hybridized carbons (Fsp3) is 1.00. The van der Waals surface area contributed by atoms with Crippen molar-refractivity contribution in [1.29, 1.82) is 0 Å². The van der Waals surface area contributed by atoms with E-state index < -0.39 is 0 Å². The monoisotopic (exact) mass is 243 g/mol. The molecule has 3 N–H and O–H groups in total. The summed E-state index contributed by atoms with van der Waals surface area (Å²) >= 11 is 0. The highest BCUT2D eigenvalue weighted by Gasteiger charge is 2.43. The number of hydrogen-bond acceptors (Lipinski definition) is 4. The van der Waals surface area contributed by atoms with Gasteiger partial charge in [-0.1, -0.05) is 13.8 Å². The lowest BCUT2D eigenvalue weighted by Crippen LogP contribution is -2.57. The van der Waals surface area contributed by atoms with Gasteiger partial charge in [-0.15, -0.1) is 0 Å². The first-order valence-corrected chi connectivity index (χ1v) is 6.88. The first kappa shape index (κ1) is 14.9. The molecule has 0 aliphatic heterocycles. The molecule has 4 heteroatoms. The smallest absolute Gasteiger partial charge is 0.0659 e. The molecule has 102 valence electrons. The molecule has 0 bridgehead atoms. The minimum absolute atomic E-state index is 0.0158. The Morgan fingerprint density at radius 2 is 2.00 bits per heavy atom. The van der Waals surface area contributed by atoms with Crippen molar-refractivity contribution in [2.45, 2.75) is 32.2 Å². The van der Waals surface area contributed by atoms with E-state index in [1.165, 1.54) is 12.8 Å². The molecule has 0 amide bonds. The fourth-order valence-electron chi connectivity index (χ4n) is 2.51. The van der Waals surface area contributed by atoms with Gasteiger partial charge < -0.3 is 20.7 Å². The molecule has 1 saturated carbocycles. The van der Waals surface area contributed by atoms with Crippen molar-refractivity contribution < 1.29 is 4.74 Å². The second kappa shape index (κ2) is 7.31. The van der Waals surface area contributed by atoms with Gasteiger partial charge in [0.15, 0.2) is 0 Å². The lowest BCUT2D eigenvalue weighted by molar-refractivity contribution is 0.0963. The van der Waals surface area contributed by atoms with E-state index in [9.17, 15) is 0 Å². The Balaban J connectivity index is 2.38. The highest BCUT2D eigenvalue weighted by Crippen LogP contribution is 2.39. The van der Waals surface area contributed by atoms with Crippen molar-refractivity contribution in [3.05, 3.63) is 0 Å². The summed E-state index contributed by atoms with van der Waals surface area (Å²) in [6.45, 7) is 10.1. The minimum Gasteiger partial charge on any atom is -0.383 e. The minimum atomic E-state index is 0.0158. The molecule has 0 radical (unpaired) electrons. The Bertz CT molecular complexity index is 205. The summed E-state index contributed by atoms with van der Waals surface area (Å²) in [7, 11) is 1.76. The second-order valence-electron chi connectivity index (χ2n) is 5.02. The van der Waals surface area contributed by atoms with Crippen LogP contribution in [0.4, 0.5) is 0 Å². The van der Waals surface area contributed by atoms with Gasteiger partial charge in [-0.25, -0.2) is 0 Å². The summed E-state index contributed by atoms with van der Waals surface area (Å²) in [4.78, 5) is 2.42. The molecule has 0 aromatic rings. The molecule has 1 rings (SSSR count). The van der Waals surface area contributed by atoms with Gasteiger partial charge in [-0.05, 0) is 31.8 Å². The van der Waals surface area contributed by atoms with E-state index in [4.69, 9.17) is 10.5 Å². The van der Waals surface area contributed by atoms with E-state index in [1.54, 1.807) is 7.11 Å². The molecule has 4 nitrogen and oxygen atoms in total. The van der Waals surface area contributed by atoms with E-state index in [0.29, 0.717) is 12.5 Å². The van der Waals surface area contributed by atoms with Crippen molar-refractivity contribution in [2.24, 2.45) is 11.7 Å². The molecule has 0 aromatic carbocycles. The number of nitrogens with zero attached hydrogens (tertiary/aromatic N) is 1. The van der Waals surface area contributed by atoms with Gasteiger partial charge in [0.25, 0.3) is 0 Å². The van der Waals surface area contributed by atoms with E-state index >= 15 is 0 Å². The number of nitrogens with one attached hydrogen (secondary N) is 1. The zero-order valence-electron chi connectivity index (χ0n) is 11.7. The Kier molecular flexibility index (Phi) is 6.41. The molecule has 0 spiro atoms. The van der Waals surface area contributed by atoms with Crippen LogP contribution < -0.4 is 11.1 Å². The van der Waals surface area contributed by atoms with Gasteiger partial charge in [0.1, 0.15) is 0 Å². The third-order valence-corrected chi connectivity index (χ3v) is 3.92. The van der Waals surface area contributed by atoms with Crippen molar-refractivity contribution in [3.63, 3.8) is 0 Å². The van der Waals surface area contributed by atoms with Crippen LogP contribution in [0.2, 0.25) is 0 Å². The molecule has 0 saturated heterocycles. The average molecular weight is 243 g/mol. The van der Waals surface area contributed by atoms with E-state index in [-0.39, 0.29) is 5.54 Å². The van der Waals surface area contributed by atoms with Crippen LogP contribution in [-0.4, -0.2) is 56.9 Å². The van der Waals surface area contributed by atoms with Crippen LogP contribution in [0.15, 0.2) is 0 Å². The van der Waals surface area contributed by atoms with Gasteiger partial charge in [0, 0.05) is 26.7 Å². The van der Waals surface area contributed by atoms with Crippen molar-refractivity contribution in [3.8, 4) is 0 Å². The van der Waals surface area contributed by atoms with Crippen LogP contribution in [-0.2, 0) is 4.74 Å². The molecule has 1 aliphatic rings. The molecule has 1 atom stereocenters. The van der Waals surface area contributed by atoms with Gasteiger partial charge in [0.2, 0.25) is 0 Å². The topological polar surface area (TPSA) is 50.5 Å². The zero-order valence-corrected chi connectivity index (χ0v) is 11.7. The molecule has 17 heavy (non-hydrogen) atoms. The van der Waals surface area contributed by atoms with Crippen LogP contribution in [0.1, 0.15) is 26.7 Å². The van der Waals surface area contributed by atoms with Crippen LogP contribution >= 0.6 is 0 Å². The summed E-state index contributed by atoms with van der Waals surface area (Å²) in [6.07, 6.45) is 2.58. The normalized spacial score (nSPS) is 19.6. The zero-order chi connectivity index (χ0) is 12.7. The molecule has 1 aliphatic carbocycles. The summed E-state index contributed by atoms with van der Waals surface area (Å²) in [5, 5.41) is 3.65. The molecule has 0 heterocycles. The van der Waals surface area contributed by atoms with E-state index in [1.807, 2.05) is 0 Å². The van der Waals surface area contributed by atoms with Gasteiger partial charge in [0.05, 0.1) is 12.1 Å². The van der Waals surface area contributed by atoms with Crippen molar-refractivity contribution >= 4 is 0 Å². The average Bonchev–Trinajstić information content (AvgIpc) is 3.18. The Morgan fingerprint density at radius 3 is 2.41 bits per heavy atom. The maximum atomic E-state index is 5.96. The first-order valence-electron chi connectivity index (χ1n) is 6.88. The highest BCUT2D eigenvalue weighted by atomic mass is 16.5. The van der Waals surface area contributed by atoms with Crippen LogP contribution in [0.3, 0.4) is 0 Å². The Morgan fingerprint density at radius 1 is 1.35 bits per heavy atom. The highest BCUT2D eigenvalue weighted by molar-refractivity contribution is 5.02. The second-order valence-corrected chi connectivity index (χ2v) is 5.02. The van der Waals surface area contributed by atoms with E-state index in [2.05, 4.69) is 24.1 Å². The number of likely N-dealkylation sites (N-methyl/N-ethyl adjacent to an activating group) is 1. The summed E-state index contributed by atoms with van der Waals surface area (Å²) in [5.41, 5.74) is 5.98. The first-order chi connectivity index (χ1) is 8.22. The van der Waals surface area contributed by atoms with E-state index in [0.717, 1.165) is 32.8 Å². The van der Waals surface area contributed by atoms with Gasteiger partial charge in [-0.2, -0.15) is 0 Å². The number of nitrogens with two attached hydrogens (primary N) is 1. The number of ether oxygens (including phenoxy) is 1. The number of rotatable bonds is 10. The quantitative estimate of drug-likeness (QED) is 0.592. The maximum absolute atomic E-state index is 5.96. The standard InChI is InChI=1S/C13H29N3O/c1-4-16(5-2)9-8-15-13(10-14,11-17-3)12-6-7-12/h12,15H,4-11,14H2,1-3H3. The van der Waals surface area contributed by atoms with Crippen molar-refractivity contribution in [1.82, 2.24) is 10.2 Å². The Hall–Kier alpha value is -0.160. The largest absolute Gasteiger partial charge is 0.383 e. The third-order valence-electron chi connectivity index (χ3n) is 3.92. The SMILES string of the molecule is CCN(CC)CCNC(CN)(COC)C1CC1. The lowest BCUT2D eigenvalue weighted by Gasteiger charge is -2.34. The number of methoxy groups -OCH3 is 1. The summed E-state index contributed by atoms with van der Waals surface area (Å²) in [5.74, 6) is 0.712.